The Kier molecular flexibility index (Phi) is 5.26. The minimum atomic E-state index is -0.837. The Labute approximate surface area is 171 Å². The average Bonchev–Trinajstić information content (AvgIpc) is 2.75. The van der Waals surface area contributed by atoms with Crippen LogP contribution in [-0.4, -0.2) is 0 Å². The van der Waals surface area contributed by atoms with Crippen LogP contribution in [-0.2, 0) is 4.87 Å². The molecule has 0 amide bonds. The largest absolute Gasteiger partial charge is 0.121 e. The molecular weight excluding hydrogens is 371 g/mol. The molecule has 3 aromatic rings. The van der Waals surface area contributed by atoms with Gasteiger partial charge in [-0.2, -0.15) is 0 Å². The number of alkyl halides is 1. The Morgan fingerprint density at radius 3 is 2.15 bits per heavy atom. The van der Waals surface area contributed by atoms with Gasteiger partial charge in [0, 0.05) is 22.9 Å². The second kappa shape index (κ2) is 7.81. The lowest BCUT2D eigenvalue weighted by atomic mass is 9.82. The van der Waals surface area contributed by atoms with Gasteiger partial charge < -0.3 is 0 Å². The smallest absolute Gasteiger partial charge is 0.103 e. The summed E-state index contributed by atoms with van der Waals surface area (Å²) < 4.78 is 0. The standard InChI is InChI=1S/C25H20Cl2/c26-24-14-8-7-13-23(24)25(27,21-11-5-2-6-12-21)22-17-15-20(16-18-22)19-9-3-1-4-10-19/h2,5-8,11-19H,1,3,9H2. The van der Waals surface area contributed by atoms with E-state index >= 15 is 0 Å². The monoisotopic (exact) mass is 390 g/mol. The van der Waals surface area contributed by atoms with Gasteiger partial charge in [0.2, 0.25) is 0 Å². The highest BCUT2D eigenvalue weighted by Gasteiger charge is 2.35. The minimum Gasteiger partial charge on any atom is -0.103 e. The summed E-state index contributed by atoms with van der Waals surface area (Å²) >= 11 is 13.9. The summed E-state index contributed by atoms with van der Waals surface area (Å²) in [7, 11) is 0. The molecule has 0 bridgehead atoms. The fraction of sp³-hybridized carbons (Fsp3) is 0.200. The number of rotatable bonds is 4. The minimum absolute atomic E-state index is 0.328. The van der Waals surface area contributed by atoms with Crippen LogP contribution in [0.3, 0.4) is 0 Å². The van der Waals surface area contributed by atoms with Crippen molar-refractivity contribution in [2.75, 3.05) is 0 Å². The molecule has 0 fully saturated rings. The van der Waals surface area contributed by atoms with Crippen LogP contribution in [0.1, 0.15) is 47.4 Å². The van der Waals surface area contributed by atoms with Gasteiger partial charge in [-0.05, 0) is 35.6 Å². The van der Waals surface area contributed by atoms with E-state index in [1.54, 1.807) is 0 Å². The molecule has 0 N–H and O–H groups in total. The quantitative estimate of drug-likeness (QED) is 0.252. The summed E-state index contributed by atoms with van der Waals surface area (Å²) in [6.45, 7) is 0. The van der Waals surface area contributed by atoms with Crippen LogP contribution < -0.4 is 0 Å². The van der Waals surface area contributed by atoms with Crippen molar-refractivity contribution in [3.8, 4) is 11.8 Å². The Morgan fingerprint density at radius 1 is 0.815 bits per heavy atom. The van der Waals surface area contributed by atoms with Crippen LogP contribution >= 0.6 is 23.2 Å². The van der Waals surface area contributed by atoms with Gasteiger partial charge in [-0.3, -0.25) is 0 Å². The SMILES string of the molecule is Clc1ccccc1C(Cl)(c1ccccc1)c1ccc(C2C#CCCC2)cc1. The number of hydrogen-bond donors (Lipinski definition) is 0. The Balaban J connectivity index is 1.82. The third-order valence-electron chi connectivity index (χ3n) is 5.20. The van der Waals surface area contributed by atoms with E-state index < -0.39 is 4.87 Å². The van der Waals surface area contributed by atoms with Crippen molar-refractivity contribution < 1.29 is 0 Å². The van der Waals surface area contributed by atoms with Gasteiger partial charge in [-0.15, -0.1) is 17.5 Å². The first kappa shape index (κ1) is 18.2. The van der Waals surface area contributed by atoms with E-state index in [-0.39, 0.29) is 0 Å². The van der Waals surface area contributed by atoms with Crippen molar-refractivity contribution in [1.82, 2.24) is 0 Å². The zero-order valence-corrected chi connectivity index (χ0v) is 16.5. The topological polar surface area (TPSA) is 0 Å². The van der Waals surface area contributed by atoms with Gasteiger partial charge >= 0.3 is 0 Å². The molecule has 2 heteroatoms. The first-order valence-corrected chi connectivity index (χ1v) is 10.0. The Bertz CT molecular complexity index is 980. The molecule has 134 valence electrons. The molecule has 0 heterocycles. The van der Waals surface area contributed by atoms with Gasteiger partial charge in [0.25, 0.3) is 0 Å². The average molecular weight is 391 g/mol. The van der Waals surface area contributed by atoms with E-state index in [2.05, 4.69) is 48.2 Å². The van der Waals surface area contributed by atoms with E-state index in [1.165, 1.54) is 12.0 Å². The van der Waals surface area contributed by atoms with Crippen molar-refractivity contribution in [1.29, 1.82) is 0 Å². The van der Waals surface area contributed by atoms with Crippen molar-refractivity contribution in [2.24, 2.45) is 0 Å². The lowest BCUT2D eigenvalue weighted by Gasteiger charge is -2.30. The molecule has 0 aliphatic heterocycles. The highest BCUT2D eigenvalue weighted by atomic mass is 35.5. The van der Waals surface area contributed by atoms with Gasteiger partial charge in [0.15, 0.2) is 0 Å². The lowest BCUT2D eigenvalue weighted by molar-refractivity contribution is 0.685. The summed E-state index contributed by atoms with van der Waals surface area (Å²) in [5, 5.41) is 0.665. The molecule has 0 aromatic heterocycles. The zero-order valence-electron chi connectivity index (χ0n) is 15.0. The molecule has 2 unspecified atom stereocenters. The normalized spacial score (nSPS) is 18.2. The van der Waals surface area contributed by atoms with Gasteiger partial charge in [-0.1, -0.05) is 90.3 Å². The molecular formula is C25H20Cl2. The predicted molar refractivity (Wildman–Crippen MR) is 114 cm³/mol. The summed E-state index contributed by atoms with van der Waals surface area (Å²) in [6.07, 6.45) is 3.31. The Morgan fingerprint density at radius 2 is 1.48 bits per heavy atom. The van der Waals surface area contributed by atoms with E-state index in [4.69, 9.17) is 23.2 Å². The maximum Gasteiger partial charge on any atom is 0.121 e. The molecule has 4 rings (SSSR count). The molecule has 2 atom stereocenters. The fourth-order valence-electron chi connectivity index (χ4n) is 3.74. The second-order valence-corrected chi connectivity index (χ2v) is 7.87. The summed E-state index contributed by atoms with van der Waals surface area (Å²) in [4.78, 5) is -0.837. The summed E-state index contributed by atoms with van der Waals surface area (Å²) in [6, 6.07) is 26.5. The maximum absolute atomic E-state index is 7.35. The highest BCUT2D eigenvalue weighted by molar-refractivity contribution is 6.34. The number of halogens is 2. The first-order chi connectivity index (χ1) is 13.2. The van der Waals surface area contributed by atoms with Crippen LogP contribution in [0, 0.1) is 11.8 Å². The molecule has 0 saturated carbocycles. The van der Waals surface area contributed by atoms with Crippen LogP contribution in [0.25, 0.3) is 0 Å². The van der Waals surface area contributed by atoms with Crippen LogP contribution in [0.5, 0.6) is 0 Å². The Hall–Kier alpha value is -2.20. The lowest BCUT2D eigenvalue weighted by Crippen LogP contribution is -2.23. The highest BCUT2D eigenvalue weighted by Crippen LogP contribution is 2.45. The van der Waals surface area contributed by atoms with Crippen LogP contribution in [0.15, 0.2) is 78.9 Å². The summed E-state index contributed by atoms with van der Waals surface area (Å²) in [5.41, 5.74) is 4.17. The molecule has 0 saturated heterocycles. The molecule has 0 nitrogen and oxygen atoms in total. The summed E-state index contributed by atoms with van der Waals surface area (Å²) in [5.74, 6) is 6.93. The molecule has 1 aliphatic rings. The van der Waals surface area contributed by atoms with Crippen molar-refractivity contribution in [2.45, 2.75) is 30.1 Å². The van der Waals surface area contributed by atoms with E-state index in [0.29, 0.717) is 10.9 Å². The maximum atomic E-state index is 7.35. The first-order valence-electron chi connectivity index (χ1n) is 9.28. The third kappa shape index (κ3) is 3.51. The van der Waals surface area contributed by atoms with E-state index in [0.717, 1.165) is 29.5 Å². The van der Waals surface area contributed by atoms with Crippen LogP contribution in [0.4, 0.5) is 0 Å². The molecule has 27 heavy (non-hydrogen) atoms. The van der Waals surface area contributed by atoms with E-state index in [1.807, 2.05) is 42.5 Å². The number of hydrogen-bond acceptors (Lipinski definition) is 0. The van der Waals surface area contributed by atoms with Crippen molar-refractivity contribution >= 4 is 23.2 Å². The van der Waals surface area contributed by atoms with Crippen LogP contribution in [0.2, 0.25) is 5.02 Å². The second-order valence-electron chi connectivity index (χ2n) is 6.89. The molecule has 3 aromatic carbocycles. The number of benzene rings is 3. The zero-order chi connectivity index (χ0) is 18.7. The predicted octanol–water partition coefficient (Wildman–Crippen LogP) is 7.14. The molecule has 0 spiro atoms. The van der Waals surface area contributed by atoms with Crippen molar-refractivity contribution in [3.05, 3.63) is 106 Å². The van der Waals surface area contributed by atoms with E-state index in [9.17, 15) is 0 Å². The van der Waals surface area contributed by atoms with Gasteiger partial charge in [0.1, 0.15) is 4.87 Å². The molecule has 0 radical (unpaired) electrons. The fourth-order valence-corrected chi connectivity index (χ4v) is 4.49. The van der Waals surface area contributed by atoms with Crippen molar-refractivity contribution in [3.63, 3.8) is 0 Å². The molecule has 1 aliphatic carbocycles. The van der Waals surface area contributed by atoms with Gasteiger partial charge in [-0.25, -0.2) is 0 Å². The van der Waals surface area contributed by atoms with Gasteiger partial charge in [0.05, 0.1) is 0 Å². The third-order valence-corrected chi connectivity index (χ3v) is 6.17.